The highest BCUT2D eigenvalue weighted by Gasteiger charge is 2.20. The minimum absolute atomic E-state index is 0.0413. The van der Waals surface area contributed by atoms with Gasteiger partial charge in [0.2, 0.25) is 5.91 Å². The molecule has 1 fully saturated rings. The van der Waals surface area contributed by atoms with Crippen molar-refractivity contribution in [3.63, 3.8) is 0 Å². The zero-order chi connectivity index (χ0) is 13.0. The molecule has 1 unspecified atom stereocenters. The molecule has 0 bridgehead atoms. The molecule has 1 aliphatic rings. The van der Waals surface area contributed by atoms with Gasteiger partial charge in [-0.05, 0) is 38.3 Å². The van der Waals surface area contributed by atoms with Crippen molar-refractivity contribution >= 4 is 5.91 Å². The number of carbonyl (C=O) groups excluding carboxylic acids is 1. The number of rotatable bonds is 3. The monoisotopic (exact) mass is 249 g/mol. The van der Waals surface area contributed by atoms with E-state index in [-0.39, 0.29) is 17.7 Å². The SMILES string of the molecule is Cc1ccc(O)c(CNC2CCCCNC2=O)n1. The van der Waals surface area contributed by atoms with E-state index in [1.54, 1.807) is 12.1 Å². The van der Waals surface area contributed by atoms with Crippen LogP contribution in [0.4, 0.5) is 0 Å². The lowest BCUT2D eigenvalue weighted by Crippen LogP contribution is -2.42. The van der Waals surface area contributed by atoms with Crippen LogP contribution in [0.25, 0.3) is 0 Å². The summed E-state index contributed by atoms with van der Waals surface area (Å²) in [5.41, 5.74) is 1.45. The summed E-state index contributed by atoms with van der Waals surface area (Å²) in [6.45, 7) is 3.04. The first-order valence-corrected chi connectivity index (χ1v) is 6.33. The molecular weight excluding hydrogens is 230 g/mol. The third-order valence-corrected chi connectivity index (χ3v) is 3.14. The third kappa shape index (κ3) is 3.20. The summed E-state index contributed by atoms with van der Waals surface area (Å²) in [7, 11) is 0. The summed E-state index contributed by atoms with van der Waals surface area (Å²) in [6.07, 6.45) is 2.89. The number of aromatic nitrogens is 1. The second-order valence-electron chi connectivity index (χ2n) is 4.64. The van der Waals surface area contributed by atoms with E-state index in [4.69, 9.17) is 0 Å². The van der Waals surface area contributed by atoms with E-state index in [1.807, 2.05) is 6.92 Å². The van der Waals surface area contributed by atoms with Gasteiger partial charge in [-0.1, -0.05) is 0 Å². The Balaban J connectivity index is 1.97. The van der Waals surface area contributed by atoms with Gasteiger partial charge in [0, 0.05) is 18.8 Å². The maximum atomic E-state index is 11.7. The predicted octanol–water partition coefficient (Wildman–Crippen LogP) is 0.854. The number of aryl methyl sites for hydroxylation is 1. The fraction of sp³-hybridized carbons (Fsp3) is 0.538. The van der Waals surface area contributed by atoms with Crippen LogP contribution in [-0.2, 0) is 11.3 Å². The maximum absolute atomic E-state index is 11.7. The highest BCUT2D eigenvalue weighted by molar-refractivity contribution is 5.81. The fourth-order valence-corrected chi connectivity index (χ4v) is 2.09. The predicted molar refractivity (Wildman–Crippen MR) is 68.1 cm³/mol. The van der Waals surface area contributed by atoms with Gasteiger partial charge in [0.1, 0.15) is 5.75 Å². The average Bonchev–Trinajstić information content (AvgIpc) is 2.55. The molecule has 2 heterocycles. The van der Waals surface area contributed by atoms with Crippen molar-refractivity contribution in [2.24, 2.45) is 0 Å². The van der Waals surface area contributed by atoms with E-state index in [0.717, 1.165) is 31.5 Å². The summed E-state index contributed by atoms with van der Waals surface area (Å²) >= 11 is 0. The molecule has 3 N–H and O–H groups in total. The molecule has 1 aliphatic heterocycles. The number of hydrogen-bond acceptors (Lipinski definition) is 4. The van der Waals surface area contributed by atoms with Gasteiger partial charge in [-0.15, -0.1) is 0 Å². The summed E-state index contributed by atoms with van der Waals surface area (Å²) < 4.78 is 0. The van der Waals surface area contributed by atoms with Crippen LogP contribution in [0, 0.1) is 6.92 Å². The van der Waals surface area contributed by atoms with Crippen molar-refractivity contribution in [2.75, 3.05) is 6.54 Å². The Hall–Kier alpha value is -1.62. The molecule has 0 radical (unpaired) electrons. The van der Waals surface area contributed by atoms with Crippen LogP contribution in [0.3, 0.4) is 0 Å². The van der Waals surface area contributed by atoms with Crippen molar-refractivity contribution in [3.8, 4) is 5.75 Å². The number of nitrogens with zero attached hydrogens (tertiary/aromatic N) is 1. The molecule has 1 aromatic rings. The molecule has 1 amide bonds. The Labute approximate surface area is 107 Å². The molecule has 0 aliphatic carbocycles. The number of carbonyl (C=O) groups is 1. The van der Waals surface area contributed by atoms with Gasteiger partial charge >= 0.3 is 0 Å². The van der Waals surface area contributed by atoms with Gasteiger partial charge in [-0.2, -0.15) is 0 Å². The molecule has 98 valence electrons. The molecule has 0 saturated carbocycles. The Kier molecular flexibility index (Phi) is 4.15. The summed E-state index contributed by atoms with van der Waals surface area (Å²) in [5.74, 6) is 0.210. The normalized spacial score (nSPS) is 20.3. The molecule has 0 spiro atoms. The minimum atomic E-state index is -0.186. The van der Waals surface area contributed by atoms with Crippen LogP contribution in [0.2, 0.25) is 0 Å². The van der Waals surface area contributed by atoms with Gasteiger partial charge in [-0.25, -0.2) is 0 Å². The van der Waals surface area contributed by atoms with Crippen molar-refractivity contribution in [3.05, 3.63) is 23.5 Å². The fourth-order valence-electron chi connectivity index (χ4n) is 2.09. The summed E-state index contributed by atoms with van der Waals surface area (Å²) in [5, 5.41) is 15.7. The van der Waals surface area contributed by atoms with E-state index in [1.165, 1.54) is 0 Å². The number of amides is 1. The van der Waals surface area contributed by atoms with Crippen molar-refractivity contribution < 1.29 is 9.90 Å². The lowest BCUT2D eigenvalue weighted by atomic mass is 10.1. The van der Waals surface area contributed by atoms with E-state index in [2.05, 4.69) is 15.6 Å². The molecule has 1 aromatic heterocycles. The van der Waals surface area contributed by atoms with E-state index in [0.29, 0.717) is 12.2 Å². The minimum Gasteiger partial charge on any atom is -0.506 e. The van der Waals surface area contributed by atoms with Gasteiger partial charge in [0.05, 0.1) is 11.7 Å². The number of aromatic hydroxyl groups is 1. The number of hydrogen-bond donors (Lipinski definition) is 3. The standard InChI is InChI=1S/C13H19N3O2/c1-9-5-6-12(17)11(16-9)8-15-10-4-2-3-7-14-13(10)18/h5-6,10,15,17H,2-4,7-8H2,1H3,(H,14,18). The van der Waals surface area contributed by atoms with E-state index < -0.39 is 0 Å². The Morgan fingerprint density at radius 1 is 1.50 bits per heavy atom. The highest BCUT2D eigenvalue weighted by atomic mass is 16.3. The lowest BCUT2D eigenvalue weighted by molar-refractivity contribution is -0.122. The zero-order valence-corrected chi connectivity index (χ0v) is 10.6. The Morgan fingerprint density at radius 3 is 3.17 bits per heavy atom. The van der Waals surface area contributed by atoms with Gasteiger partial charge in [0.15, 0.2) is 0 Å². The molecule has 5 heteroatoms. The maximum Gasteiger partial charge on any atom is 0.237 e. The van der Waals surface area contributed by atoms with Crippen LogP contribution in [0.15, 0.2) is 12.1 Å². The molecule has 0 aromatic carbocycles. The van der Waals surface area contributed by atoms with Crippen LogP contribution < -0.4 is 10.6 Å². The highest BCUT2D eigenvalue weighted by Crippen LogP contribution is 2.15. The van der Waals surface area contributed by atoms with Crippen molar-refractivity contribution in [2.45, 2.75) is 38.8 Å². The number of pyridine rings is 1. The van der Waals surface area contributed by atoms with Crippen LogP contribution in [0.1, 0.15) is 30.7 Å². The summed E-state index contributed by atoms with van der Waals surface area (Å²) in [6, 6.07) is 3.21. The molecule has 18 heavy (non-hydrogen) atoms. The zero-order valence-electron chi connectivity index (χ0n) is 10.6. The van der Waals surface area contributed by atoms with Gasteiger partial charge in [-0.3, -0.25) is 9.78 Å². The molecule has 1 atom stereocenters. The lowest BCUT2D eigenvalue weighted by Gasteiger charge is -2.15. The largest absolute Gasteiger partial charge is 0.506 e. The smallest absolute Gasteiger partial charge is 0.237 e. The molecule has 5 nitrogen and oxygen atoms in total. The quantitative estimate of drug-likeness (QED) is 0.742. The second-order valence-corrected chi connectivity index (χ2v) is 4.64. The van der Waals surface area contributed by atoms with Crippen molar-refractivity contribution in [1.82, 2.24) is 15.6 Å². The van der Waals surface area contributed by atoms with Crippen LogP contribution >= 0.6 is 0 Å². The van der Waals surface area contributed by atoms with E-state index in [9.17, 15) is 9.90 Å². The van der Waals surface area contributed by atoms with Gasteiger partial charge in [0.25, 0.3) is 0 Å². The van der Waals surface area contributed by atoms with Crippen LogP contribution in [0.5, 0.6) is 5.75 Å². The molecule has 2 rings (SSSR count). The average molecular weight is 249 g/mol. The Morgan fingerprint density at radius 2 is 2.33 bits per heavy atom. The third-order valence-electron chi connectivity index (χ3n) is 3.14. The summed E-state index contributed by atoms with van der Waals surface area (Å²) in [4.78, 5) is 16.0. The Bertz CT molecular complexity index is 434. The topological polar surface area (TPSA) is 74.2 Å². The van der Waals surface area contributed by atoms with Crippen molar-refractivity contribution in [1.29, 1.82) is 0 Å². The molecule has 1 saturated heterocycles. The number of nitrogens with one attached hydrogen (secondary N) is 2. The molecular formula is C13H19N3O2. The first kappa shape index (κ1) is 12.8. The first-order valence-electron chi connectivity index (χ1n) is 6.33. The first-order chi connectivity index (χ1) is 8.66. The van der Waals surface area contributed by atoms with E-state index >= 15 is 0 Å². The van der Waals surface area contributed by atoms with Crippen LogP contribution in [-0.4, -0.2) is 28.6 Å². The second kappa shape index (κ2) is 5.82. The van der Waals surface area contributed by atoms with Gasteiger partial charge < -0.3 is 15.7 Å².